The van der Waals surface area contributed by atoms with Gasteiger partial charge in [-0.05, 0) is 24.8 Å². The number of nitrogens with two attached hydrogens (primary N) is 1. The maximum atomic E-state index is 12.7. The first-order valence-corrected chi connectivity index (χ1v) is 6.75. The first-order valence-electron chi connectivity index (χ1n) is 5.31. The number of nitrogens with one attached hydrogen (secondary N) is 3. The van der Waals surface area contributed by atoms with Crippen molar-refractivity contribution in [3.05, 3.63) is 42.6 Å². The summed E-state index contributed by atoms with van der Waals surface area (Å²) in [5.41, 5.74) is 5.36. The Balaban J connectivity index is 3.09. The van der Waals surface area contributed by atoms with Gasteiger partial charge in [-0.25, -0.2) is 0 Å². The molecule has 1 rings (SSSR count). The second-order valence-electron chi connectivity index (χ2n) is 3.79. The number of halogens is 2. The average molecular weight is 318 g/mol. The Morgan fingerprint density at radius 1 is 1.43 bits per heavy atom. The minimum Gasteiger partial charge on any atom is -0.398 e. The SMILES string of the molecule is C=C(F)NC(=CC(=N)F)Nc1ccc(S(=O)(=O)O)c(N)c1. The number of rotatable bonds is 6. The molecular weight excluding hydrogens is 306 g/mol. The third kappa shape index (κ3) is 5.20. The standard InChI is InChI=1S/C11H12F2N4O3S/c1-6(12)16-11(5-10(13)15)17-7-2-3-9(8(14)4-7)21(18,19)20/h2-5,15-17H,1,14H2,(H,18,19,20). The fraction of sp³-hybridized carbons (Fsp3) is 0. The van der Waals surface area contributed by atoms with E-state index in [1.54, 1.807) is 0 Å². The maximum Gasteiger partial charge on any atom is 0.296 e. The molecule has 0 heterocycles. The van der Waals surface area contributed by atoms with Crippen LogP contribution in [0.5, 0.6) is 0 Å². The van der Waals surface area contributed by atoms with E-state index in [0.717, 1.165) is 12.1 Å². The first-order chi connectivity index (χ1) is 9.59. The van der Waals surface area contributed by atoms with Crippen LogP contribution >= 0.6 is 0 Å². The van der Waals surface area contributed by atoms with Crippen LogP contribution in [0.15, 0.2) is 47.5 Å². The normalized spacial score (nSPS) is 11.9. The Bertz CT molecular complexity index is 716. The molecular formula is C11H12F2N4O3S. The summed E-state index contributed by atoms with van der Waals surface area (Å²) in [6.45, 7) is 2.92. The third-order valence-corrected chi connectivity index (χ3v) is 3.04. The van der Waals surface area contributed by atoms with Crippen molar-refractivity contribution in [3.63, 3.8) is 0 Å². The molecule has 0 bridgehead atoms. The Morgan fingerprint density at radius 3 is 2.48 bits per heavy atom. The van der Waals surface area contributed by atoms with Crippen LogP contribution in [0, 0.1) is 5.41 Å². The van der Waals surface area contributed by atoms with E-state index >= 15 is 0 Å². The van der Waals surface area contributed by atoms with Gasteiger partial charge < -0.3 is 16.4 Å². The molecule has 0 amide bonds. The van der Waals surface area contributed by atoms with Crippen LogP contribution in [0.3, 0.4) is 0 Å². The molecule has 0 aliphatic heterocycles. The van der Waals surface area contributed by atoms with Gasteiger partial charge in [0.1, 0.15) is 10.7 Å². The van der Waals surface area contributed by atoms with E-state index in [1.807, 2.05) is 5.32 Å². The Kier molecular flexibility index (Phi) is 5.00. The number of hydrogen-bond acceptors (Lipinski definition) is 6. The summed E-state index contributed by atoms with van der Waals surface area (Å²) in [5, 5.41) is 11.2. The summed E-state index contributed by atoms with van der Waals surface area (Å²) in [6, 6.07) is 3.34. The predicted molar refractivity (Wildman–Crippen MR) is 74.6 cm³/mol. The summed E-state index contributed by atoms with van der Waals surface area (Å²) in [7, 11) is -4.47. The van der Waals surface area contributed by atoms with Crippen molar-refractivity contribution in [2.24, 2.45) is 0 Å². The van der Waals surface area contributed by atoms with Gasteiger partial charge in [0, 0.05) is 11.8 Å². The molecule has 0 aliphatic rings. The van der Waals surface area contributed by atoms with Crippen molar-refractivity contribution in [3.8, 4) is 0 Å². The molecule has 21 heavy (non-hydrogen) atoms. The van der Waals surface area contributed by atoms with E-state index in [9.17, 15) is 17.2 Å². The fourth-order valence-corrected chi connectivity index (χ4v) is 1.99. The molecule has 0 radical (unpaired) electrons. The molecule has 0 atom stereocenters. The highest BCUT2D eigenvalue weighted by Crippen LogP contribution is 2.23. The minimum atomic E-state index is -4.47. The van der Waals surface area contributed by atoms with E-state index < -0.39 is 26.9 Å². The van der Waals surface area contributed by atoms with Gasteiger partial charge in [0.2, 0.25) is 5.97 Å². The van der Waals surface area contributed by atoms with Crippen molar-refractivity contribution in [1.82, 2.24) is 5.32 Å². The lowest BCUT2D eigenvalue weighted by atomic mass is 10.3. The molecule has 0 fully saturated rings. The van der Waals surface area contributed by atoms with Crippen LogP contribution in [0.4, 0.5) is 20.2 Å². The zero-order valence-corrected chi connectivity index (χ0v) is 11.3. The highest BCUT2D eigenvalue weighted by atomic mass is 32.2. The van der Waals surface area contributed by atoms with Gasteiger partial charge in [0.15, 0.2) is 5.95 Å². The molecule has 1 aromatic rings. The largest absolute Gasteiger partial charge is 0.398 e. The van der Waals surface area contributed by atoms with Crippen LogP contribution in [0.2, 0.25) is 0 Å². The van der Waals surface area contributed by atoms with Gasteiger partial charge >= 0.3 is 0 Å². The van der Waals surface area contributed by atoms with Crippen molar-refractivity contribution < 1.29 is 21.8 Å². The summed E-state index contributed by atoms with van der Waals surface area (Å²) >= 11 is 0. The van der Waals surface area contributed by atoms with Crippen molar-refractivity contribution in [2.45, 2.75) is 4.90 Å². The Morgan fingerprint density at radius 2 is 2.05 bits per heavy atom. The summed E-state index contributed by atoms with van der Waals surface area (Å²) in [5.74, 6) is -2.61. The van der Waals surface area contributed by atoms with Gasteiger partial charge in [-0.1, -0.05) is 0 Å². The number of anilines is 2. The number of hydrogen-bond donors (Lipinski definition) is 5. The van der Waals surface area contributed by atoms with E-state index in [-0.39, 0.29) is 17.2 Å². The molecule has 0 saturated heterocycles. The zero-order chi connectivity index (χ0) is 16.2. The molecule has 6 N–H and O–H groups in total. The van der Waals surface area contributed by atoms with E-state index in [0.29, 0.717) is 6.08 Å². The predicted octanol–water partition coefficient (Wildman–Crippen LogP) is 1.75. The lowest BCUT2D eigenvalue weighted by Crippen LogP contribution is -2.18. The zero-order valence-electron chi connectivity index (χ0n) is 10.5. The van der Waals surface area contributed by atoms with Crippen LogP contribution in [-0.2, 0) is 10.1 Å². The fourth-order valence-electron chi connectivity index (χ4n) is 1.39. The Labute approximate surface area is 119 Å². The topological polar surface area (TPSA) is 128 Å². The van der Waals surface area contributed by atoms with Crippen LogP contribution in [0.25, 0.3) is 0 Å². The molecule has 0 aliphatic carbocycles. The van der Waals surface area contributed by atoms with E-state index in [2.05, 4.69) is 11.9 Å². The van der Waals surface area contributed by atoms with E-state index in [4.69, 9.17) is 15.7 Å². The van der Waals surface area contributed by atoms with Gasteiger partial charge in [-0.2, -0.15) is 17.2 Å². The first kappa shape index (κ1) is 16.6. The molecule has 7 nitrogen and oxygen atoms in total. The van der Waals surface area contributed by atoms with Crippen LogP contribution in [-0.4, -0.2) is 18.9 Å². The molecule has 0 aromatic heterocycles. The van der Waals surface area contributed by atoms with E-state index in [1.165, 1.54) is 6.07 Å². The third-order valence-electron chi connectivity index (χ3n) is 2.11. The quantitative estimate of drug-likeness (QED) is 0.235. The number of benzene rings is 1. The lowest BCUT2D eigenvalue weighted by molar-refractivity contribution is 0.483. The smallest absolute Gasteiger partial charge is 0.296 e. The van der Waals surface area contributed by atoms with Crippen molar-refractivity contribution in [1.29, 1.82) is 5.41 Å². The Hall–Kier alpha value is -2.46. The lowest BCUT2D eigenvalue weighted by Gasteiger charge is -2.12. The number of nitrogen functional groups attached to an aromatic ring is 1. The van der Waals surface area contributed by atoms with Gasteiger partial charge in [0.05, 0.1) is 5.69 Å². The van der Waals surface area contributed by atoms with Crippen LogP contribution in [0.1, 0.15) is 0 Å². The average Bonchev–Trinajstić information content (AvgIpc) is 2.24. The number of allylic oxidation sites excluding steroid dienone is 1. The van der Waals surface area contributed by atoms with Gasteiger partial charge in [-0.15, -0.1) is 0 Å². The van der Waals surface area contributed by atoms with Crippen molar-refractivity contribution >= 4 is 27.5 Å². The highest BCUT2D eigenvalue weighted by Gasteiger charge is 2.14. The molecule has 0 saturated carbocycles. The molecule has 1 aromatic carbocycles. The maximum absolute atomic E-state index is 12.7. The summed E-state index contributed by atoms with van der Waals surface area (Å²) in [4.78, 5) is -0.500. The minimum absolute atomic E-state index is 0.168. The molecule has 114 valence electrons. The van der Waals surface area contributed by atoms with Gasteiger partial charge in [-0.3, -0.25) is 9.96 Å². The second kappa shape index (κ2) is 6.33. The monoisotopic (exact) mass is 318 g/mol. The molecule has 10 heteroatoms. The highest BCUT2D eigenvalue weighted by molar-refractivity contribution is 7.86. The molecule has 0 unspecified atom stereocenters. The van der Waals surface area contributed by atoms with Gasteiger partial charge in [0.25, 0.3) is 10.1 Å². The second-order valence-corrected chi connectivity index (χ2v) is 5.18. The molecule has 0 spiro atoms. The summed E-state index contributed by atoms with van der Waals surface area (Å²) < 4.78 is 56.1. The van der Waals surface area contributed by atoms with Crippen LogP contribution < -0.4 is 16.4 Å². The summed E-state index contributed by atoms with van der Waals surface area (Å²) in [6.07, 6.45) is 0.637. The van der Waals surface area contributed by atoms with Crippen molar-refractivity contribution in [2.75, 3.05) is 11.1 Å².